The number of nitrogens with zero attached hydrogens (tertiary/aromatic N) is 2. The van der Waals surface area contributed by atoms with Gasteiger partial charge in [0, 0.05) is 33.6 Å². The van der Waals surface area contributed by atoms with Gasteiger partial charge in [0.15, 0.2) is 5.82 Å². The highest BCUT2D eigenvalue weighted by Gasteiger charge is 2.11. The number of sulfonamides is 1. The fraction of sp³-hybridized carbons (Fsp3) is 0.167. The van der Waals surface area contributed by atoms with E-state index in [1.807, 2.05) is 74.5 Å². The van der Waals surface area contributed by atoms with Crippen molar-refractivity contribution in [1.82, 2.24) is 15.2 Å². The van der Waals surface area contributed by atoms with Crippen molar-refractivity contribution in [3.05, 3.63) is 78.5 Å². The predicted octanol–water partition coefficient (Wildman–Crippen LogP) is 5.83. The van der Waals surface area contributed by atoms with Crippen molar-refractivity contribution in [3.8, 4) is 11.3 Å². The quantitative estimate of drug-likeness (QED) is 0.279. The largest absolute Gasteiger partial charge is 0.339 e. The number of benzene rings is 2. The first-order chi connectivity index (χ1) is 15.9. The molecule has 4 rings (SSSR count). The molecule has 0 aliphatic rings. The van der Waals surface area contributed by atoms with Crippen molar-refractivity contribution in [2.45, 2.75) is 30.2 Å². The lowest BCUT2D eigenvalue weighted by atomic mass is 10.1. The summed E-state index contributed by atoms with van der Waals surface area (Å²) in [6, 6.07) is 23.2. The Labute approximate surface area is 198 Å². The minimum Gasteiger partial charge on any atom is -0.339 e. The Balaban J connectivity index is 1.59. The first-order valence-corrected chi connectivity index (χ1v) is 13.0. The van der Waals surface area contributed by atoms with Gasteiger partial charge in [-0.15, -0.1) is 0 Å². The molecule has 0 saturated carbocycles. The molecule has 0 unspecified atom stereocenters. The van der Waals surface area contributed by atoms with Gasteiger partial charge in [0.25, 0.3) is 0 Å². The summed E-state index contributed by atoms with van der Waals surface area (Å²) in [5.74, 6) is 0.836. The van der Waals surface area contributed by atoms with Crippen LogP contribution >= 0.6 is 11.8 Å². The SMILES string of the molecule is CCCS(=O)(=O)Nc1ccc(Sc2cc(Nc3cc(C)[nH]n3)cc(-c3ccccc3)n2)cc1. The lowest BCUT2D eigenvalue weighted by Crippen LogP contribution is -2.15. The maximum atomic E-state index is 12.0. The third kappa shape index (κ3) is 6.36. The van der Waals surface area contributed by atoms with Gasteiger partial charge in [-0.3, -0.25) is 9.82 Å². The highest BCUT2D eigenvalue weighted by molar-refractivity contribution is 7.99. The normalized spacial score (nSPS) is 11.3. The summed E-state index contributed by atoms with van der Waals surface area (Å²) in [6.07, 6.45) is 0.570. The van der Waals surface area contributed by atoms with Gasteiger partial charge in [-0.25, -0.2) is 13.4 Å². The van der Waals surface area contributed by atoms with Gasteiger partial charge in [0.05, 0.1) is 11.4 Å². The second-order valence-corrected chi connectivity index (χ2v) is 10.5. The summed E-state index contributed by atoms with van der Waals surface area (Å²) in [5, 5.41) is 11.3. The van der Waals surface area contributed by atoms with E-state index in [-0.39, 0.29) is 5.75 Å². The lowest BCUT2D eigenvalue weighted by molar-refractivity contribution is 0.600. The van der Waals surface area contributed by atoms with Crippen LogP contribution in [0.1, 0.15) is 19.0 Å². The average molecular weight is 480 g/mol. The van der Waals surface area contributed by atoms with Gasteiger partial charge in [0.2, 0.25) is 10.0 Å². The minimum atomic E-state index is -3.31. The van der Waals surface area contributed by atoms with Gasteiger partial charge in [0.1, 0.15) is 5.03 Å². The fourth-order valence-electron chi connectivity index (χ4n) is 3.23. The van der Waals surface area contributed by atoms with E-state index in [1.165, 1.54) is 11.8 Å². The van der Waals surface area contributed by atoms with E-state index in [2.05, 4.69) is 20.2 Å². The zero-order chi connectivity index (χ0) is 23.3. The van der Waals surface area contributed by atoms with Crippen LogP contribution in [0.15, 0.2) is 82.7 Å². The smallest absolute Gasteiger partial charge is 0.232 e. The Morgan fingerprint density at radius 3 is 2.39 bits per heavy atom. The molecule has 0 spiro atoms. The van der Waals surface area contributed by atoms with Crippen molar-refractivity contribution in [3.63, 3.8) is 0 Å². The highest BCUT2D eigenvalue weighted by atomic mass is 32.2. The van der Waals surface area contributed by atoms with E-state index in [0.29, 0.717) is 12.1 Å². The van der Waals surface area contributed by atoms with E-state index in [1.54, 1.807) is 12.1 Å². The Morgan fingerprint density at radius 2 is 1.73 bits per heavy atom. The Kier molecular flexibility index (Phi) is 7.00. The predicted molar refractivity (Wildman–Crippen MR) is 135 cm³/mol. The maximum absolute atomic E-state index is 12.0. The lowest BCUT2D eigenvalue weighted by Gasteiger charge is -2.11. The van der Waals surface area contributed by atoms with Gasteiger partial charge in [-0.05, 0) is 49.7 Å². The zero-order valence-corrected chi connectivity index (χ0v) is 20.0. The molecule has 0 saturated heterocycles. The monoisotopic (exact) mass is 479 g/mol. The number of aryl methyl sites for hydroxylation is 1. The molecule has 2 aromatic carbocycles. The molecule has 33 heavy (non-hydrogen) atoms. The summed E-state index contributed by atoms with van der Waals surface area (Å²) in [5.41, 5.74) is 4.26. The number of H-pyrrole nitrogens is 1. The van der Waals surface area contributed by atoms with Crippen molar-refractivity contribution in [2.75, 3.05) is 15.8 Å². The van der Waals surface area contributed by atoms with E-state index >= 15 is 0 Å². The van der Waals surface area contributed by atoms with Gasteiger partial charge in [-0.1, -0.05) is 49.0 Å². The number of anilines is 3. The van der Waals surface area contributed by atoms with E-state index in [4.69, 9.17) is 4.98 Å². The molecule has 7 nitrogen and oxygen atoms in total. The number of aromatic nitrogens is 3. The van der Waals surface area contributed by atoms with Gasteiger partial charge >= 0.3 is 0 Å². The topological polar surface area (TPSA) is 99.8 Å². The zero-order valence-electron chi connectivity index (χ0n) is 18.4. The Bertz CT molecular complexity index is 1320. The third-order valence-corrected chi connectivity index (χ3v) is 7.09. The minimum absolute atomic E-state index is 0.102. The molecule has 0 bridgehead atoms. The van der Waals surface area contributed by atoms with Crippen LogP contribution in [0.25, 0.3) is 11.3 Å². The van der Waals surface area contributed by atoms with Crippen molar-refractivity contribution in [2.24, 2.45) is 0 Å². The molecule has 9 heteroatoms. The molecule has 0 fully saturated rings. The second kappa shape index (κ2) is 10.1. The molecule has 2 heterocycles. The van der Waals surface area contributed by atoms with E-state index in [9.17, 15) is 8.42 Å². The average Bonchev–Trinajstić information content (AvgIpc) is 3.20. The van der Waals surface area contributed by atoms with E-state index < -0.39 is 10.0 Å². The molecule has 3 N–H and O–H groups in total. The molecule has 0 radical (unpaired) electrons. The number of rotatable bonds is 9. The van der Waals surface area contributed by atoms with Crippen molar-refractivity contribution < 1.29 is 8.42 Å². The second-order valence-electron chi connectivity index (χ2n) is 7.55. The molecule has 0 atom stereocenters. The number of hydrogen-bond donors (Lipinski definition) is 3. The molecule has 4 aromatic rings. The highest BCUT2D eigenvalue weighted by Crippen LogP contribution is 2.32. The molecule has 0 aliphatic heterocycles. The van der Waals surface area contributed by atoms with Crippen molar-refractivity contribution in [1.29, 1.82) is 0 Å². The number of pyridine rings is 1. The van der Waals surface area contributed by atoms with Crippen molar-refractivity contribution >= 4 is 39.0 Å². The van der Waals surface area contributed by atoms with E-state index in [0.717, 1.165) is 38.4 Å². The number of nitrogens with one attached hydrogen (secondary N) is 3. The Morgan fingerprint density at radius 1 is 0.970 bits per heavy atom. The maximum Gasteiger partial charge on any atom is 0.232 e. The molecule has 0 amide bonds. The summed E-state index contributed by atoms with van der Waals surface area (Å²) in [4.78, 5) is 5.79. The first-order valence-electron chi connectivity index (χ1n) is 10.6. The van der Waals surface area contributed by atoms with Crippen LogP contribution in [0.5, 0.6) is 0 Å². The Hall–Kier alpha value is -3.30. The molecular weight excluding hydrogens is 454 g/mol. The summed E-state index contributed by atoms with van der Waals surface area (Å²) in [7, 11) is -3.31. The molecule has 170 valence electrons. The summed E-state index contributed by atoms with van der Waals surface area (Å²) >= 11 is 1.51. The summed E-state index contributed by atoms with van der Waals surface area (Å²) < 4.78 is 26.6. The van der Waals surface area contributed by atoms with Crippen LogP contribution in [0.3, 0.4) is 0 Å². The number of hydrogen-bond acceptors (Lipinski definition) is 6. The van der Waals surface area contributed by atoms with Crippen LogP contribution < -0.4 is 10.0 Å². The van der Waals surface area contributed by atoms with Crippen LogP contribution in [0.4, 0.5) is 17.2 Å². The standard InChI is InChI=1S/C24H25N5O2S2/c1-3-13-33(30,31)29-19-9-11-21(12-10-19)32-24-16-20(25-23-14-17(2)27-28-23)15-22(26-24)18-7-5-4-6-8-18/h4-12,14-16,29H,3,13H2,1-2H3,(H2,25,26,27,28). The third-order valence-electron chi connectivity index (χ3n) is 4.67. The van der Waals surface area contributed by atoms with Gasteiger partial charge < -0.3 is 5.32 Å². The van der Waals surface area contributed by atoms with Crippen LogP contribution in [0, 0.1) is 6.92 Å². The number of aromatic amines is 1. The molecule has 2 aromatic heterocycles. The summed E-state index contributed by atoms with van der Waals surface area (Å²) in [6.45, 7) is 3.79. The molecular formula is C24H25N5O2S2. The first kappa shape index (κ1) is 22.9. The fourth-order valence-corrected chi connectivity index (χ4v) is 5.21. The van der Waals surface area contributed by atoms with Crippen LogP contribution in [-0.4, -0.2) is 29.4 Å². The van der Waals surface area contributed by atoms with Crippen LogP contribution in [-0.2, 0) is 10.0 Å². The van der Waals surface area contributed by atoms with Gasteiger partial charge in [-0.2, -0.15) is 5.10 Å². The van der Waals surface area contributed by atoms with Crippen LogP contribution in [0.2, 0.25) is 0 Å². The molecule has 0 aliphatic carbocycles.